The van der Waals surface area contributed by atoms with Gasteiger partial charge in [-0.3, -0.25) is 9.78 Å². The first-order valence-corrected chi connectivity index (χ1v) is 10.7. The van der Waals surface area contributed by atoms with E-state index in [1.165, 1.54) is 0 Å². The van der Waals surface area contributed by atoms with Crippen LogP contribution in [0.4, 0.5) is 5.82 Å². The molecule has 6 nitrogen and oxygen atoms in total. The monoisotopic (exact) mass is 436 g/mol. The van der Waals surface area contributed by atoms with Gasteiger partial charge in [-0.15, -0.1) is 0 Å². The van der Waals surface area contributed by atoms with Gasteiger partial charge < -0.3 is 15.0 Å². The molecule has 1 saturated heterocycles. The number of carbonyl (C=O) groups is 1. The number of halogens is 1. The molecule has 7 heteroatoms. The van der Waals surface area contributed by atoms with Crippen LogP contribution in [0.5, 0.6) is 5.75 Å². The molecule has 3 heterocycles. The van der Waals surface area contributed by atoms with E-state index < -0.39 is 0 Å². The molecule has 1 aliphatic rings. The molecular weight excluding hydrogens is 412 g/mol. The van der Waals surface area contributed by atoms with E-state index in [1.54, 1.807) is 25.4 Å². The molecule has 4 rings (SSSR count). The number of rotatable bonds is 6. The third kappa shape index (κ3) is 4.80. The molecule has 0 spiro atoms. The van der Waals surface area contributed by atoms with Gasteiger partial charge in [0.25, 0.3) is 5.91 Å². The molecule has 160 valence electrons. The van der Waals surface area contributed by atoms with Crippen molar-refractivity contribution in [3.63, 3.8) is 0 Å². The maximum absolute atomic E-state index is 13.2. The summed E-state index contributed by atoms with van der Waals surface area (Å²) in [6.45, 7) is 4.17. The van der Waals surface area contributed by atoms with E-state index in [4.69, 9.17) is 16.3 Å². The maximum atomic E-state index is 13.2. The number of nitrogens with zero attached hydrogens (tertiary/aromatic N) is 3. The fraction of sp³-hybridized carbons (Fsp3) is 0.292. The number of amides is 1. The highest BCUT2D eigenvalue weighted by Crippen LogP contribution is 2.28. The van der Waals surface area contributed by atoms with E-state index in [2.05, 4.69) is 20.2 Å². The minimum Gasteiger partial charge on any atom is -0.495 e. The number of methoxy groups -OCH3 is 1. The number of anilines is 1. The van der Waals surface area contributed by atoms with Crippen molar-refractivity contribution in [3.05, 3.63) is 70.6 Å². The first-order chi connectivity index (χ1) is 15.0. The Morgan fingerprint density at radius 3 is 2.61 bits per heavy atom. The lowest BCUT2D eigenvalue weighted by atomic mass is 10.1. The second-order valence-corrected chi connectivity index (χ2v) is 8.10. The number of aromatic nitrogens is 2. The summed E-state index contributed by atoms with van der Waals surface area (Å²) in [5.74, 6) is 1.17. The quantitative estimate of drug-likeness (QED) is 0.609. The first-order valence-electron chi connectivity index (χ1n) is 10.3. The van der Waals surface area contributed by atoms with Crippen molar-refractivity contribution >= 4 is 23.3 Å². The van der Waals surface area contributed by atoms with Gasteiger partial charge in [0.1, 0.15) is 11.6 Å². The van der Waals surface area contributed by atoms with Gasteiger partial charge in [0.2, 0.25) is 0 Å². The van der Waals surface area contributed by atoms with Crippen molar-refractivity contribution in [3.8, 4) is 16.9 Å². The standard InChI is InChI=1S/C24H25ClN4O2/c1-16-9-18(14-26-12-16)19-11-20(23(27-15-19)29-7-3-4-8-29)24(30)28-13-17-5-6-22(31-2)21(25)10-17/h5-6,9-12,14-15H,3-4,7-8,13H2,1-2H3,(H,28,30). The third-order valence-corrected chi connectivity index (χ3v) is 5.69. The molecule has 31 heavy (non-hydrogen) atoms. The number of benzene rings is 1. The number of hydrogen-bond donors (Lipinski definition) is 1. The lowest BCUT2D eigenvalue weighted by molar-refractivity contribution is 0.0951. The molecule has 1 N–H and O–H groups in total. The summed E-state index contributed by atoms with van der Waals surface area (Å²) < 4.78 is 5.19. The highest BCUT2D eigenvalue weighted by Gasteiger charge is 2.22. The van der Waals surface area contributed by atoms with Crippen LogP contribution in [-0.4, -0.2) is 36.1 Å². The first kappa shape index (κ1) is 21.1. The van der Waals surface area contributed by atoms with Crippen molar-refractivity contribution in [1.82, 2.24) is 15.3 Å². The van der Waals surface area contributed by atoms with Gasteiger partial charge >= 0.3 is 0 Å². The van der Waals surface area contributed by atoms with Crippen molar-refractivity contribution in [1.29, 1.82) is 0 Å². The predicted molar refractivity (Wildman–Crippen MR) is 123 cm³/mol. The molecule has 0 aliphatic carbocycles. The maximum Gasteiger partial charge on any atom is 0.255 e. The highest BCUT2D eigenvalue weighted by atomic mass is 35.5. The second-order valence-electron chi connectivity index (χ2n) is 7.69. The Kier molecular flexibility index (Phi) is 6.37. The van der Waals surface area contributed by atoms with Crippen molar-refractivity contribution in [2.45, 2.75) is 26.3 Å². The molecule has 1 amide bonds. The van der Waals surface area contributed by atoms with Crippen LogP contribution in [-0.2, 0) is 6.54 Å². The minimum atomic E-state index is -0.163. The summed E-state index contributed by atoms with van der Waals surface area (Å²) in [7, 11) is 1.58. The van der Waals surface area contributed by atoms with Crippen LogP contribution in [0.25, 0.3) is 11.1 Å². The summed E-state index contributed by atoms with van der Waals surface area (Å²) in [4.78, 5) is 24.3. The van der Waals surface area contributed by atoms with Crippen molar-refractivity contribution in [2.75, 3.05) is 25.1 Å². The van der Waals surface area contributed by atoms with E-state index in [0.717, 1.165) is 54.0 Å². The Labute approximate surface area is 187 Å². The summed E-state index contributed by atoms with van der Waals surface area (Å²) >= 11 is 6.21. The van der Waals surface area contributed by atoms with E-state index in [0.29, 0.717) is 22.9 Å². The SMILES string of the molecule is COc1ccc(CNC(=O)c2cc(-c3cncc(C)c3)cnc2N2CCCC2)cc1Cl. The second kappa shape index (κ2) is 9.35. The van der Waals surface area contributed by atoms with Crippen molar-refractivity contribution in [2.24, 2.45) is 0 Å². The molecule has 0 atom stereocenters. The minimum absolute atomic E-state index is 0.163. The Hall–Kier alpha value is -3.12. The van der Waals surface area contributed by atoms with Crippen LogP contribution in [0.1, 0.15) is 34.3 Å². The van der Waals surface area contributed by atoms with Gasteiger partial charge in [0.05, 0.1) is 17.7 Å². The molecular formula is C24H25ClN4O2. The van der Waals surface area contributed by atoms with Crippen LogP contribution in [0.3, 0.4) is 0 Å². The normalized spacial score (nSPS) is 13.3. The zero-order valence-electron chi connectivity index (χ0n) is 17.7. The molecule has 2 aromatic heterocycles. The third-order valence-electron chi connectivity index (χ3n) is 5.39. The summed E-state index contributed by atoms with van der Waals surface area (Å²) in [5, 5.41) is 3.53. The highest BCUT2D eigenvalue weighted by molar-refractivity contribution is 6.32. The average molecular weight is 437 g/mol. The molecule has 0 saturated carbocycles. The van der Waals surface area contributed by atoms with E-state index >= 15 is 0 Å². The van der Waals surface area contributed by atoms with Gasteiger partial charge in [-0.1, -0.05) is 17.7 Å². The summed E-state index contributed by atoms with van der Waals surface area (Å²) in [6.07, 6.45) is 7.64. The van der Waals surface area contributed by atoms with Gasteiger partial charge in [-0.05, 0) is 55.2 Å². The lowest BCUT2D eigenvalue weighted by Gasteiger charge is -2.20. The van der Waals surface area contributed by atoms with Gasteiger partial charge in [-0.2, -0.15) is 0 Å². The Bertz CT molecular complexity index is 1100. The van der Waals surface area contributed by atoms with E-state index in [-0.39, 0.29) is 5.91 Å². The largest absolute Gasteiger partial charge is 0.495 e. The zero-order valence-corrected chi connectivity index (χ0v) is 18.4. The smallest absolute Gasteiger partial charge is 0.255 e. The fourth-order valence-electron chi connectivity index (χ4n) is 3.77. The molecule has 0 bridgehead atoms. The van der Waals surface area contributed by atoms with Crippen LogP contribution >= 0.6 is 11.6 Å². The number of aryl methyl sites for hydroxylation is 1. The summed E-state index contributed by atoms with van der Waals surface area (Å²) in [6, 6.07) is 9.44. The van der Waals surface area contributed by atoms with Crippen molar-refractivity contribution < 1.29 is 9.53 Å². The van der Waals surface area contributed by atoms with E-state index in [9.17, 15) is 4.79 Å². The van der Waals surface area contributed by atoms with E-state index in [1.807, 2.05) is 37.5 Å². The number of hydrogen-bond acceptors (Lipinski definition) is 5. The van der Waals surface area contributed by atoms with Gasteiger partial charge in [0.15, 0.2) is 0 Å². The van der Waals surface area contributed by atoms with Crippen LogP contribution in [0, 0.1) is 6.92 Å². The molecule has 3 aromatic rings. The number of nitrogens with one attached hydrogen (secondary N) is 1. The van der Waals surface area contributed by atoms with Gasteiger partial charge in [0, 0.05) is 49.4 Å². The van der Waals surface area contributed by atoms with Crippen LogP contribution < -0.4 is 15.0 Å². The zero-order chi connectivity index (χ0) is 21.8. The average Bonchev–Trinajstić information content (AvgIpc) is 3.32. The molecule has 1 aliphatic heterocycles. The Balaban J connectivity index is 1.61. The fourth-order valence-corrected chi connectivity index (χ4v) is 4.05. The van der Waals surface area contributed by atoms with Crippen LogP contribution in [0.2, 0.25) is 5.02 Å². The molecule has 1 fully saturated rings. The Morgan fingerprint density at radius 1 is 1.13 bits per heavy atom. The number of ether oxygens (including phenoxy) is 1. The van der Waals surface area contributed by atoms with Gasteiger partial charge in [-0.25, -0.2) is 4.98 Å². The number of pyridine rings is 2. The Morgan fingerprint density at radius 2 is 1.90 bits per heavy atom. The summed E-state index contributed by atoms with van der Waals surface area (Å²) in [5.41, 5.74) is 4.34. The topological polar surface area (TPSA) is 67.3 Å². The number of carbonyl (C=O) groups excluding carboxylic acids is 1. The predicted octanol–water partition coefficient (Wildman–Crippen LogP) is 4.64. The molecule has 0 unspecified atom stereocenters. The lowest BCUT2D eigenvalue weighted by Crippen LogP contribution is -2.28. The van der Waals surface area contributed by atoms with Crippen LogP contribution in [0.15, 0.2) is 48.9 Å². The molecule has 1 aromatic carbocycles. The molecule has 0 radical (unpaired) electrons.